The molecule has 0 spiro atoms. The van der Waals surface area contributed by atoms with E-state index in [9.17, 15) is 21.6 Å². The number of sulfonamides is 1. The topological polar surface area (TPSA) is 110 Å². The molecule has 2 rings (SSSR count). The molecule has 0 radical (unpaired) electrons. The second-order valence-corrected chi connectivity index (χ2v) is 11.4. The number of sulfone groups is 1. The third-order valence-electron chi connectivity index (χ3n) is 4.74. The van der Waals surface area contributed by atoms with Crippen molar-refractivity contribution in [3.05, 3.63) is 54.1 Å². The molecule has 2 aromatic rings. The van der Waals surface area contributed by atoms with Crippen LogP contribution in [0.15, 0.2) is 53.4 Å². The van der Waals surface area contributed by atoms with E-state index < -0.39 is 25.8 Å². The Morgan fingerprint density at radius 2 is 1.56 bits per heavy atom. The average Bonchev–Trinajstić information content (AvgIpc) is 2.73. The number of carbonyl (C=O) groups is 1. The molecule has 10 heteroatoms. The number of anilines is 1. The maximum Gasteiger partial charge on any atom is 0.241 e. The van der Waals surface area contributed by atoms with Crippen LogP contribution in [0.3, 0.4) is 0 Å². The molecule has 0 aliphatic rings. The number of benzene rings is 2. The molecule has 1 N–H and O–H groups in total. The van der Waals surface area contributed by atoms with Gasteiger partial charge in [-0.05, 0) is 54.8 Å². The summed E-state index contributed by atoms with van der Waals surface area (Å²) in [5.74, 6) is 0.151. The van der Waals surface area contributed by atoms with Gasteiger partial charge in [-0.3, -0.25) is 9.10 Å². The zero-order chi connectivity index (χ0) is 23.9. The number of nitrogens with zero attached hydrogens (tertiary/aromatic N) is 1. The van der Waals surface area contributed by atoms with Crippen molar-refractivity contribution in [2.45, 2.75) is 37.6 Å². The van der Waals surface area contributed by atoms with Gasteiger partial charge in [-0.2, -0.15) is 0 Å². The summed E-state index contributed by atoms with van der Waals surface area (Å²) in [5.41, 5.74) is 1.09. The Balaban J connectivity index is 2.15. The summed E-state index contributed by atoms with van der Waals surface area (Å²) in [6.45, 7) is 4.04. The van der Waals surface area contributed by atoms with Crippen LogP contribution < -0.4 is 14.4 Å². The zero-order valence-electron chi connectivity index (χ0n) is 18.7. The fraction of sp³-hybridized carbons (Fsp3) is 0.409. The van der Waals surface area contributed by atoms with Gasteiger partial charge in [0.25, 0.3) is 0 Å². The normalized spacial score (nSPS) is 12.8. The SMILES string of the molecule is CCCOc1ccc(N(CC(=O)NC(CC)c2ccc(S(C)(=O)=O)cc2)S(C)(=O)=O)cc1. The maximum atomic E-state index is 12.7. The Kier molecular flexibility index (Phi) is 8.68. The summed E-state index contributed by atoms with van der Waals surface area (Å²) < 4.78 is 54.5. The highest BCUT2D eigenvalue weighted by atomic mass is 32.2. The predicted octanol–water partition coefficient (Wildman–Crippen LogP) is 2.91. The minimum Gasteiger partial charge on any atom is -0.494 e. The highest BCUT2D eigenvalue weighted by molar-refractivity contribution is 7.92. The number of rotatable bonds is 11. The van der Waals surface area contributed by atoms with Crippen LogP contribution in [-0.4, -0.2) is 48.4 Å². The van der Waals surface area contributed by atoms with Crippen molar-refractivity contribution in [3.8, 4) is 5.75 Å². The summed E-state index contributed by atoms with van der Waals surface area (Å²) in [5, 5.41) is 2.83. The Labute approximate surface area is 190 Å². The van der Waals surface area contributed by atoms with Crippen molar-refractivity contribution in [2.24, 2.45) is 0 Å². The molecule has 8 nitrogen and oxygen atoms in total. The highest BCUT2D eigenvalue weighted by Crippen LogP contribution is 2.23. The average molecular weight is 483 g/mol. The van der Waals surface area contributed by atoms with E-state index in [1.54, 1.807) is 36.4 Å². The highest BCUT2D eigenvalue weighted by Gasteiger charge is 2.23. The summed E-state index contributed by atoms with van der Waals surface area (Å²) >= 11 is 0. The third-order valence-corrected chi connectivity index (χ3v) is 7.01. The Bertz CT molecular complexity index is 1110. The molecule has 0 saturated carbocycles. The van der Waals surface area contributed by atoms with E-state index >= 15 is 0 Å². The van der Waals surface area contributed by atoms with Gasteiger partial charge in [0.2, 0.25) is 15.9 Å². The van der Waals surface area contributed by atoms with Gasteiger partial charge in [0.1, 0.15) is 12.3 Å². The Hall–Kier alpha value is -2.59. The van der Waals surface area contributed by atoms with E-state index in [0.717, 1.165) is 28.8 Å². The number of hydrogen-bond donors (Lipinski definition) is 1. The van der Waals surface area contributed by atoms with Gasteiger partial charge in [0, 0.05) is 6.26 Å². The van der Waals surface area contributed by atoms with Crippen molar-refractivity contribution in [1.82, 2.24) is 5.32 Å². The summed E-state index contributed by atoms with van der Waals surface area (Å²) in [6, 6.07) is 12.4. The zero-order valence-corrected chi connectivity index (χ0v) is 20.4. The molecule has 0 aliphatic carbocycles. The van der Waals surface area contributed by atoms with E-state index in [1.165, 1.54) is 12.1 Å². The number of nitrogens with one attached hydrogen (secondary N) is 1. The number of hydrogen-bond acceptors (Lipinski definition) is 6. The molecule has 0 fully saturated rings. The summed E-state index contributed by atoms with van der Waals surface area (Å²) in [7, 11) is -7.02. The second kappa shape index (κ2) is 10.8. The van der Waals surface area contributed by atoms with Crippen molar-refractivity contribution in [1.29, 1.82) is 0 Å². The lowest BCUT2D eigenvalue weighted by Crippen LogP contribution is -2.41. The number of ether oxygens (including phenoxy) is 1. The van der Waals surface area contributed by atoms with Gasteiger partial charge in [-0.25, -0.2) is 16.8 Å². The fourth-order valence-electron chi connectivity index (χ4n) is 3.07. The van der Waals surface area contributed by atoms with Gasteiger partial charge in [0.05, 0.1) is 29.5 Å². The molecule has 2 aromatic carbocycles. The first-order valence-corrected chi connectivity index (χ1v) is 14.0. The van der Waals surface area contributed by atoms with E-state index in [0.29, 0.717) is 24.5 Å². The van der Waals surface area contributed by atoms with Crippen LogP contribution >= 0.6 is 0 Å². The van der Waals surface area contributed by atoms with Gasteiger partial charge in [0.15, 0.2) is 9.84 Å². The molecule has 0 saturated heterocycles. The summed E-state index contributed by atoms with van der Waals surface area (Å²) in [6.07, 6.45) is 3.57. The van der Waals surface area contributed by atoms with Crippen LogP contribution in [0.2, 0.25) is 0 Å². The fourth-order valence-corrected chi connectivity index (χ4v) is 4.55. The predicted molar refractivity (Wildman–Crippen MR) is 125 cm³/mol. The van der Waals surface area contributed by atoms with Gasteiger partial charge < -0.3 is 10.1 Å². The Morgan fingerprint density at radius 3 is 2.03 bits per heavy atom. The standard InChI is InChI=1S/C22H30N2O6S2/c1-5-15-30-19-11-9-18(10-12-19)24(32(4,28)29)16-22(25)23-21(6-2)17-7-13-20(14-8-17)31(3,26)27/h7-14,21H,5-6,15-16H2,1-4H3,(H,23,25). The molecule has 0 heterocycles. The molecule has 0 bridgehead atoms. The van der Waals surface area contributed by atoms with Crippen molar-refractivity contribution in [2.75, 3.05) is 30.0 Å². The van der Waals surface area contributed by atoms with Gasteiger partial charge in [-0.15, -0.1) is 0 Å². The molecule has 32 heavy (non-hydrogen) atoms. The lowest BCUT2D eigenvalue weighted by Gasteiger charge is -2.24. The number of carbonyl (C=O) groups excluding carboxylic acids is 1. The third kappa shape index (κ3) is 7.23. The smallest absolute Gasteiger partial charge is 0.241 e. The van der Waals surface area contributed by atoms with Crippen LogP contribution in [0.5, 0.6) is 5.75 Å². The van der Waals surface area contributed by atoms with Gasteiger partial charge >= 0.3 is 0 Å². The largest absolute Gasteiger partial charge is 0.494 e. The van der Waals surface area contributed by atoms with Crippen molar-refractivity contribution >= 4 is 31.5 Å². The number of amides is 1. The Morgan fingerprint density at radius 1 is 0.969 bits per heavy atom. The monoisotopic (exact) mass is 482 g/mol. The molecular formula is C22H30N2O6S2. The minimum atomic E-state index is -3.71. The minimum absolute atomic E-state index is 0.192. The lowest BCUT2D eigenvalue weighted by atomic mass is 10.0. The molecule has 0 aliphatic heterocycles. The molecule has 0 aromatic heterocycles. The first-order chi connectivity index (χ1) is 15.0. The molecule has 1 unspecified atom stereocenters. The summed E-state index contributed by atoms with van der Waals surface area (Å²) in [4.78, 5) is 12.9. The van der Waals surface area contributed by atoms with Gasteiger partial charge in [-0.1, -0.05) is 26.0 Å². The van der Waals surface area contributed by atoms with E-state index in [-0.39, 0.29) is 17.5 Å². The molecule has 176 valence electrons. The van der Waals surface area contributed by atoms with Crippen molar-refractivity contribution in [3.63, 3.8) is 0 Å². The van der Waals surface area contributed by atoms with Crippen LogP contribution in [0, 0.1) is 0 Å². The van der Waals surface area contributed by atoms with Crippen LogP contribution in [-0.2, 0) is 24.7 Å². The first kappa shape index (κ1) is 25.7. The van der Waals surface area contributed by atoms with Crippen LogP contribution in [0.1, 0.15) is 38.3 Å². The van der Waals surface area contributed by atoms with E-state index in [1.807, 2.05) is 13.8 Å². The maximum absolute atomic E-state index is 12.7. The van der Waals surface area contributed by atoms with E-state index in [2.05, 4.69) is 5.32 Å². The van der Waals surface area contributed by atoms with Crippen LogP contribution in [0.25, 0.3) is 0 Å². The van der Waals surface area contributed by atoms with Crippen molar-refractivity contribution < 1.29 is 26.4 Å². The van der Waals surface area contributed by atoms with E-state index in [4.69, 9.17) is 4.74 Å². The molecule has 1 atom stereocenters. The lowest BCUT2D eigenvalue weighted by molar-refractivity contribution is -0.120. The van der Waals surface area contributed by atoms with Crippen LogP contribution in [0.4, 0.5) is 5.69 Å². The molecular weight excluding hydrogens is 452 g/mol. The second-order valence-electron chi connectivity index (χ2n) is 7.48. The first-order valence-electron chi connectivity index (χ1n) is 10.3. The quantitative estimate of drug-likeness (QED) is 0.527. The molecule has 1 amide bonds.